The Morgan fingerprint density at radius 1 is 1.19 bits per heavy atom. The molecule has 0 saturated carbocycles. The van der Waals surface area contributed by atoms with E-state index in [9.17, 15) is 14.4 Å². The van der Waals surface area contributed by atoms with Gasteiger partial charge in [-0.25, -0.2) is 0 Å². The van der Waals surface area contributed by atoms with Crippen LogP contribution in [-0.2, 0) is 14.4 Å². The van der Waals surface area contributed by atoms with E-state index in [4.69, 9.17) is 5.11 Å². The Bertz CT molecular complexity index is 635. The number of aliphatic hydroxyl groups is 1. The third-order valence-electron chi connectivity index (χ3n) is 4.60. The number of carbonyl (C=O) groups is 3. The molecular weight excluding hydrogens is 334 g/mol. The number of nitrogens with zero attached hydrogens (tertiary/aromatic N) is 3. The molecule has 3 amide bonds. The van der Waals surface area contributed by atoms with Gasteiger partial charge < -0.3 is 19.8 Å². The highest BCUT2D eigenvalue weighted by Gasteiger charge is 2.40. The first kappa shape index (κ1) is 19.9. The van der Waals surface area contributed by atoms with Crippen molar-refractivity contribution in [3.8, 4) is 0 Å². The fraction of sp³-hybridized carbons (Fsp3) is 0.526. The van der Waals surface area contributed by atoms with Crippen molar-refractivity contribution in [2.24, 2.45) is 0 Å². The number of likely N-dealkylation sites (N-methyl/N-ethyl adjacent to an activating group) is 1. The lowest BCUT2D eigenvalue weighted by atomic mass is 10.0. The minimum atomic E-state index is -0.863. The van der Waals surface area contributed by atoms with E-state index in [0.717, 1.165) is 12.8 Å². The van der Waals surface area contributed by atoms with Gasteiger partial charge in [0.1, 0.15) is 6.04 Å². The molecular formula is C19H27N3O4. The van der Waals surface area contributed by atoms with E-state index in [1.807, 2.05) is 13.0 Å². The minimum absolute atomic E-state index is 0.165. The fourth-order valence-electron chi connectivity index (χ4n) is 3.06. The second-order valence-corrected chi connectivity index (χ2v) is 6.44. The Kier molecular flexibility index (Phi) is 7.15. The van der Waals surface area contributed by atoms with E-state index in [2.05, 4.69) is 0 Å². The van der Waals surface area contributed by atoms with Gasteiger partial charge >= 0.3 is 11.8 Å². The summed E-state index contributed by atoms with van der Waals surface area (Å²) in [5.74, 6) is -1.51. The summed E-state index contributed by atoms with van der Waals surface area (Å²) >= 11 is 0. The summed E-state index contributed by atoms with van der Waals surface area (Å²) in [5, 5.41) is 9.12. The van der Waals surface area contributed by atoms with Crippen LogP contribution < -0.4 is 0 Å². The molecule has 0 aliphatic carbocycles. The molecule has 1 heterocycles. The van der Waals surface area contributed by atoms with Gasteiger partial charge in [0.15, 0.2) is 0 Å². The summed E-state index contributed by atoms with van der Waals surface area (Å²) in [6.45, 7) is 3.33. The van der Waals surface area contributed by atoms with Crippen molar-refractivity contribution in [2.75, 3.05) is 39.8 Å². The summed E-state index contributed by atoms with van der Waals surface area (Å²) in [7, 11) is 1.58. The zero-order chi connectivity index (χ0) is 19.1. The van der Waals surface area contributed by atoms with Gasteiger partial charge in [-0.1, -0.05) is 43.7 Å². The summed E-state index contributed by atoms with van der Waals surface area (Å²) < 4.78 is 0. The smallest absolute Gasteiger partial charge is 0.313 e. The summed E-state index contributed by atoms with van der Waals surface area (Å²) in [4.78, 5) is 42.4. The molecule has 0 bridgehead atoms. The van der Waals surface area contributed by atoms with E-state index in [-0.39, 0.29) is 19.1 Å². The Morgan fingerprint density at radius 2 is 1.88 bits per heavy atom. The van der Waals surface area contributed by atoms with Crippen molar-refractivity contribution < 1.29 is 19.5 Å². The number of carbonyl (C=O) groups excluding carboxylic acids is 3. The van der Waals surface area contributed by atoms with Gasteiger partial charge in [-0.2, -0.15) is 0 Å². The lowest BCUT2D eigenvalue weighted by Crippen LogP contribution is -2.57. The maximum Gasteiger partial charge on any atom is 0.313 e. The number of rotatable bonds is 8. The molecule has 0 radical (unpaired) electrons. The van der Waals surface area contributed by atoms with Crippen LogP contribution in [0.3, 0.4) is 0 Å². The van der Waals surface area contributed by atoms with Crippen molar-refractivity contribution in [1.29, 1.82) is 0 Å². The Labute approximate surface area is 154 Å². The number of piperazine rings is 1. The maximum absolute atomic E-state index is 12.9. The monoisotopic (exact) mass is 361 g/mol. The fourth-order valence-corrected chi connectivity index (χ4v) is 3.06. The second kappa shape index (κ2) is 9.33. The molecule has 1 aromatic carbocycles. The number of hydrogen-bond donors (Lipinski definition) is 1. The molecule has 7 nitrogen and oxygen atoms in total. The molecule has 0 spiro atoms. The van der Waals surface area contributed by atoms with Gasteiger partial charge in [-0.15, -0.1) is 0 Å². The third-order valence-corrected chi connectivity index (χ3v) is 4.60. The molecule has 0 unspecified atom stereocenters. The van der Waals surface area contributed by atoms with Gasteiger partial charge in [0.2, 0.25) is 5.91 Å². The van der Waals surface area contributed by atoms with E-state index < -0.39 is 17.9 Å². The predicted molar refractivity (Wildman–Crippen MR) is 97.1 cm³/mol. The van der Waals surface area contributed by atoms with Crippen molar-refractivity contribution >= 4 is 17.7 Å². The molecule has 1 N–H and O–H groups in total. The molecule has 26 heavy (non-hydrogen) atoms. The lowest BCUT2D eigenvalue weighted by Gasteiger charge is -2.39. The number of aliphatic hydroxyl groups excluding tert-OH is 1. The standard InChI is InChI=1S/C19H27N3O4/c1-3-4-10-21-11-12-22(19(26)18(21)25)16(15-8-6-5-7-9-15)17(24)20(2)13-14-23/h5-9,16,23H,3-4,10-14H2,1-2H3/t16-/m1/s1. The molecule has 0 aromatic heterocycles. The van der Waals surface area contributed by atoms with Gasteiger partial charge in [-0.05, 0) is 12.0 Å². The highest BCUT2D eigenvalue weighted by Crippen LogP contribution is 2.25. The Hall–Kier alpha value is -2.41. The Morgan fingerprint density at radius 3 is 2.50 bits per heavy atom. The van der Waals surface area contributed by atoms with E-state index in [1.54, 1.807) is 36.2 Å². The minimum Gasteiger partial charge on any atom is -0.395 e. The largest absolute Gasteiger partial charge is 0.395 e. The summed E-state index contributed by atoms with van der Waals surface area (Å²) in [5.41, 5.74) is 0.658. The molecule has 1 fully saturated rings. The Balaban J connectivity index is 2.27. The molecule has 1 aromatic rings. The van der Waals surface area contributed by atoms with Crippen LogP contribution in [0.4, 0.5) is 0 Å². The van der Waals surface area contributed by atoms with Crippen LogP contribution in [0.5, 0.6) is 0 Å². The van der Waals surface area contributed by atoms with E-state index in [1.165, 1.54) is 9.80 Å². The normalized spacial score (nSPS) is 16.0. The maximum atomic E-state index is 12.9. The van der Waals surface area contributed by atoms with Gasteiger partial charge in [0.05, 0.1) is 6.61 Å². The van der Waals surface area contributed by atoms with Crippen LogP contribution in [0, 0.1) is 0 Å². The van der Waals surface area contributed by atoms with Crippen LogP contribution in [0.2, 0.25) is 0 Å². The van der Waals surface area contributed by atoms with E-state index >= 15 is 0 Å². The van der Waals surface area contributed by atoms with Crippen LogP contribution >= 0.6 is 0 Å². The van der Waals surface area contributed by atoms with Gasteiger partial charge in [-0.3, -0.25) is 14.4 Å². The highest BCUT2D eigenvalue weighted by atomic mass is 16.3. The summed E-state index contributed by atoms with van der Waals surface area (Å²) in [6, 6.07) is 8.11. The average Bonchev–Trinajstić information content (AvgIpc) is 2.65. The zero-order valence-electron chi connectivity index (χ0n) is 15.4. The molecule has 1 saturated heterocycles. The number of unbranched alkanes of at least 4 members (excludes halogenated alkanes) is 1. The molecule has 1 aliphatic heterocycles. The quantitative estimate of drug-likeness (QED) is 0.690. The summed E-state index contributed by atoms with van der Waals surface area (Å²) in [6.07, 6.45) is 1.79. The predicted octanol–water partition coefficient (Wildman–Crippen LogP) is 0.649. The van der Waals surface area contributed by atoms with Crippen LogP contribution in [-0.4, -0.2) is 77.4 Å². The average molecular weight is 361 g/mol. The van der Waals surface area contributed by atoms with Crippen LogP contribution in [0.15, 0.2) is 30.3 Å². The molecule has 7 heteroatoms. The number of amides is 3. The van der Waals surface area contributed by atoms with Crippen LogP contribution in [0.25, 0.3) is 0 Å². The SMILES string of the molecule is CCCCN1CCN([C@@H](C(=O)N(C)CCO)c2ccccc2)C(=O)C1=O. The van der Waals surface area contributed by atoms with Crippen molar-refractivity contribution in [3.63, 3.8) is 0 Å². The van der Waals surface area contributed by atoms with Gasteiger partial charge in [0, 0.05) is 33.2 Å². The zero-order valence-corrected chi connectivity index (χ0v) is 15.4. The molecule has 2 rings (SSSR count). The van der Waals surface area contributed by atoms with Crippen molar-refractivity contribution in [3.05, 3.63) is 35.9 Å². The van der Waals surface area contributed by atoms with Crippen molar-refractivity contribution in [2.45, 2.75) is 25.8 Å². The van der Waals surface area contributed by atoms with Gasteiger partial charge in [0.25, 0.3) is 0 Å². The first-order valence-electron chi connectivity index (χ1n) is 9.01. The highest BCUT2D eigenvalue weighted by molar-refractivity contribution is 6.35. The first-order valence-corrected chi connectivity index (χ1v) is 9.01. The lowest BCUT2D eigenvalue weighted by molar-refractivity contribution is -0.161. The molecule has 1 aliphatic rings. The van der Waals surface area contributed by atoms with E-state index in [0.29, 0.717) is 25.2 Å². The second-order valence-electron chi connectivity index (χ2n) is 6.44. The molecule has 1 atom stereocenters. The topological polar surface area (TPSA) is 81.2 Å². The number of benzene rings is 1. The number of hydrogen-bond acceptors (Lipinski definition) is 4. The molecule has 142 valence electrons. The van der Waals surface area contributed by atoms with Crippen LogP contribution in [0.1, 0.15) is 31.4 Å². The first-order chi connectivity index (χ1) is 12.5. The van der Waals surface area contributed by atoms with Crippen molar-refractivity contribution in [1.82, 2.24) is 14.7 Å². The third kappa shape index (κ3) is 4.40.